The predicted molar refractivity (Wildman–Crippen MR) is 120 cm³/mol. The summed E-state index contributed by atoms with van der Waals surface area (Å²) in [7, 11) is 0. The van der Waals surface area contributed by atoms with Crippen LogP contribution < -0.4 is 5.32 Å². The van der Waals surface area contributed by atoms with E-state index in [2.05, 4.69) is 15.5 Å². The largest absolute Gasteiger partial charge is 0.337 e. The first-order valence-corrected chi connectivity index (χ1v) is 11.1. The number of carbonyl (C=O) groups is 2. The second kappa shape index (κ2) is 7.72. The number of amides is 3. The molecule has 5 rings (SSSR count). The van der Waals surface area contributed by atoms with E-state index in [1.54, 1.807) is 0 Å². The molecule has 1 saturated heterocycles. The number of nitrogens with one attached hydrogen (secondary N) is 1. The monoisotopic (exact) mass is 444 g/mol. The fourth-order valence-electron chi connectivity index (χ4n) is 3.90. The van der Waals surface area contributed by atoms with Gasteiger partial charge < -0.3 is 9.84 Å². The average Bonchev–Trinajstić information content (AvgIpc) is 3.54. The van der Waals surface area contributed by atoms with E-state index >= 15 is 0 Å². The normalized spacial score (nSPS) is 18.2. The van der Waals surface area contributed by atoms with Crippen LogP contribution in [-0.2, 0) is 16.9 Å². The summed E-state index contributed by atoms with van der Waals surface area (Å²) in [5.74, 6) is 0.239. The van der Waals surface area contributed by atoms with Gasteiger partial charge in [0.2, 0.25) is 11.7 Å². The SMILES string of the molecule is Cc1ccc([C@]2(c3ccccc3)NC(=O)N(Cc3nc(-c4ccsc4)no3)C2=O)cc1C. The zero-order valence-electron chi connectivity index (χ0n) is 17.5. The number of aromatic nitrogens is 2. The third-order valence-corrected chi connectivity index (χ3v) is 6.48. The fourth-order valence-corrected chi connectivity index (χ4v) is 4.54. The molecule has 1 aliphatic rings. The Morgan fingerprint density at radius 1 is 1.03 bits per heavy atom. The number of benzene rings is 2. The lowest BCUT2D eigenvalue weighted by Crippen LogP contribution is -2.45. The number of nitrogens with zero attached hydrogens (tertiary/aromatic N) is 3. The number of aryl methyl sites for hydroxylation is 2. The molecule has 2 aromatic carbocycles. The highest BCUT2D eigenvalue weighted by molar-refractivity contribution is 7.08. The number of rotatable bonds is 5. The highest BCUT2D eigenvalue weighted by Gasteiger charge is 2.54. The van der Waals surface area contributed by atoms with Crippen molar-refractivity contribution in [1.82, 2.24) is 20.4 Å². The number of carbonyl (C=O) groups excluding carboxylic acids is 2. The number of hydrogen-bond acceptors (Lipinski definition) is 6. The molecule has 8 heteroatoms. The minimum absolute atomic E-state index is 0.110. The molecule has 0 aliphatic carbocycles. The smallest absolute Gasteiger partial charge is 0.326 e. The molecule has 1 N–H and O–H groups in total. The van der Waals surface area contributed by atoms with Gasteiger partial charge in [0, 0.05) is 10.9 Å². The molecule has 32 heavy (non-hydrogen) atoms. The Morgan fingerprint density at radius 3 is 2.56 bits per heavy atom. The van der Waals surface area contributed by atoms with Gasteiger partial charge in [-0.05, 0) is 47.5 Å². The lowest BCUT2D eigenvalue weighted by Gasteiger charge is -2.28. The molecule has 0 bridgehead atoms. The Morgan fingerprint density at radius 2 is 1.84 bits per heavy atom. The molecular formula is C24H20N4O3S. The van der Waals surface area contributed by atoms with Crippen LogP contribution in [0.4, 0.5) is 4.79 Å². The first-order chi connectivity index (χ1) is 15.5. The summed E-state index contributed by atoms with van der Waals surface area (Å²) in [6.45, 7) is 3.89. The van der Waals surface area contributed by atoms with Gasteiger partial charge in [-0.2, -0.15) is 16.3 Å². The minimum atomic E-state index is -1.33. The van der Waals surface area contributed by atoms with Crippen LogP contribution in [0.25, 0.3) is 11.4 Å². The molecule has 0 unspecified atom stereocenters. The highest BCUT2D eigenvalue weighted by atomic mass is 32.1. The summed E-state index contributed by atoms with van der Waals surface area (Å²) < 4.78 is 5.33. The molecule has 3 amide bonds. The van der Waals surface area contributed by atoms with E-state index < -0.39 is 11.6 Å². The lowest BCUT2D eigenvalue weighted by molar-refractivity contribution is -0.130. The molecule has 2 aromatic heterocycles. The van der Waals surface area contributed by atoms with Crippen molar-refractivity contribution in [1.29, 1.82) is 0 Å². The topological polar surface area (TPSA) is 88.3 Å². The summed E-state index contributed by atoms with van der Waals surface area (Å²) in [5, 5.41) is 10.7. The van der Waals surface area contributed by atoms with E-state index in [-0.39, 0.29) is 18.3 Å². The van der Waals surface area contributed by atoms with Crippen LogP contribution >= 0.6 is 11.3 Å². The van der Waals surface area contributed by atoms with Gasteiger partial charge in [-0.1, -0.05) is 53.7 Å². The number of imide groups is 1. The number of thiophene rings is 1. The van der Waals surface area contributed by atoms with Crippen molar-refractivity contribution in [3.63, 3.8) is 0 Å². The Balaban J connectivity index is 1.54. The predicted octanol–water partition coefficient (Wildman–Crippen LogP) is 4.41. The summed E-state index contributed by atoms with van der Waals surface area (Å²) in [6.07, 6.45) is 0. The summed E-state index contributed by atoms with van der Waals surface area (Å²) in [5.41, 5.74) is 3.04. The van der Waals surface area contributed by atoms with E-state index in [1.165, 1.54) is 11.3 Å². The van der Waals surface area contributed by atoms with Gasteiger partial charge >= 0.3 is 6.03 Å². The van der Waals surface area contributed by atoms with Gasteiger partial charge in [-0.15, -0.1) is 0 Å². The van der Waals surface area contributed by atoms with Crippen molar-refractivity contribution in [3.05, 3.63) is 93.5 Å². The average molecular weight is 445 g/mol. The molecule has 3 heterocycles. The van der Waals surface area contributed by atoms with Crippen molar-refractivity contribution in [2.24, 2.45) is 0 Å². The van der Waals surface area contributed by atoms with Crippen molar-refractivity contribution in [3.8, 4) is 11.4 Å². The standard InChI is InChI=1S/C24H20N4O3S/c1-15-8-9-19(12-16(15)2)24(18-6-4-3-5-7-18)22(29)28(23(30)26-24)13-20-25-21(27-31-20)17-10-11-32-14-17/h3-12,14H,13H2,1-2H3,(H,26,30)/t24-/m0/s1. The molecule has 7 nitrogen and oxygen atoms in total. The maximum Gasteiger partial charge on any atom is 0.326 e. The first-order valence-electron chi connectivity index (χ1n) is 10.1. The molecule has 4 aromatic rings. The van der Waals surface area contributed by atoms with Crippen molar-refractivity contribution >= 4 is 23.3 Å². The zero-order valence-corrected chi connectivity index (χ0v) is 18.3. The van der Waals surface area contributed by atoms with E-state index in [0.29, 0.717) is 17.0 Å². The van der Waals surface area contributed by atoms with Gasteiger partial charge in [-0.3, -0.25) is 9.69 Å². The van der Waals surface area contributed by atoms with Gasteiger partial charge in [0.25, 0.3) is 5.91 Å². The summed E-state index contributed by atoms with van der Waals surface area (Å²) in [6, 6.07) is 16.4. The maximum atomic E-state index is 13.8. The first kappa shape index (κ1) is 20.1. The molecule has 1 atom stereocenters. The highest BCUT2D eigenvalue weighted by Crippen LogP contribution is 2.37. The van der Waals surface area contributed by atoms with Crippen LogP contribution in [0, 0.1) is 13.8 Å². The van der Waals surface area contributed by atoms with E-state index in [1.807, 2.05) is 79.2 Å². The van der Waals surface area contributed by atoms with Crippen LogP contribution in [0.3, 0.4) is 0 Å². The van der Waals surface area contributed by atoms with Crippen LogP contribution in [0.2, 0.25) is 0 Å². The Bertz CT molecular complexity index is 1300. The maximum absolute atomic E-state index is 13.8. The van der Waals surface area contributed by atoms with Crippen LogP contribution in [0.1, 0.15) is 28.1 Å². The number of hydrogen-bond donors (Lipinski definition) is 1. The summed E-state index contributed by atoms with van der Waals surface area (Å²) >= 11 is 1.52. The van der Waals surface area contributed by atoms with Gasteiger partial charge in [0.15, 0.2) is 5.54 Å². The molecule has 160 valence electrons. The zero-order chi connectivity index (χ0) is 22.3. The molecule has 0 saturated carbocycles. The third kappa shape index (κ3) is 3.20. The molecule has 1 fully saturated rings. The Kier molecular flexibility index (Phi) is 4.86. The van der Waals surface area contributed by atoms with E-state index in [9.17, 15) is 9.59 Å². The van der Waals surface area contributed by atoms with E-state index in [0.717, 1.165) is 21.6 Å². The van der Waals surface area contributed by atoms with Gasteiger partial charge in [0.1, 0.15) is 6.54 Å². The summed E-state index contributed by atoms with van der Waals surface area (Å²) in [4.78, 5) is 32.4. The molecule has 1 aliphatic heterocycles. The van der Waals surface area contributed by atoms with Crippen LogP contribution in [0.15, 0.2) is 69.9 Å². The second-order valence-corrected chi connectivity index (χ2v) is 8.54. The van der Waals surface area contributed by atoms with Crippen LogP contribution in [-0.4, -0.2) is 27.0 Å². The Hall–Kier alpha value is -3.78. The number of urea groups is 1. The molecule has 0 radical (unpaired) electrons. The quantitative estimate of drug-likeness (QED) is 0.461. The molecular weight excluding hydrogens is 424 g/mol. The van der Waals surface area contributed by atoms with Gasteiger partial charge in [0.05, 0.1) is 0 Å². The fraction of sp³-hybridized carbons (Fsp3) is 0.167. The van der Waals surface area contributed by atoms with Crippen molar-refractivity contribution < 1.29 is 14.1 Å². The van der Waals surface area contributed by atoms with Crippen molar-refractivity contribution in [2.45, 2.75) is 25.9 Å². The van der Waals surface area contributed by atoms with Crippen LogP contribution in [0.5, 0.6) is 0 Å². The van der Waals surface area contributed by atoms with Crippen molar-refractivity contribution in [2.75, 3.05) is 0 Å². The van der Waals surface area contributed by atoms with E-state index in [4.69, 9.17) is 4.52 Å². The lowest BCUT2D eigenvalue weighted by atomic mass is 9.81. The Labute approximate surface area is 188 Å². The molecule has 0 spiro atoms. The minimum Gasteiger partial charge on any atom is -0.337 e. The third-order valence-electron chi connectivity index (χ3n) is 5.79. The second-order valence-electron chi connectivity index (χ2n) is 7.76. The van der Waals surface area contributed by atoms with Gasteiger partial charge in [-0.25, -0.2) is 4.79 Å².